The number of nitrogens with one attached hydrogen (secondary N) is 2. The lowest BCUT2D eigenvalue weighted by atomic mass is 10.1. The molecule has 0 aliphatic carbocycles. The fraction of sp³-hybridized carbons (Fsp3) is 0.529. The van der Waals surface area contributed by atoms with Crippen LogP contribution in [-0.2, 0) is 11.3 Å². The Morgan fingerprint density at radius 1 is 1.38 bits per heavy atom. The highest BCUT2D eigenvalue weighted by molar-refractivity contribution is 8.00. The molecule has 6 nitrogen and oxygen atoms in total. The molecular weight excluding hydrogens is 326 g/mol. The molecule has 24 heavy (non-hydrogen) atoms. The predicted octanol–water partition coefficient (Wildman–Crippen LogP) is 2.04. The molecule has 0 amide bonds. The van der Waals surface area contributed by atoms with Crippen molar-refractivity contribution in [3.05, 3.63) is 29.3 Å². The highest BCUT2D eigenvalue weighted by Crippen LogP contribution is 2.25. The number of hydrogen-bond donors (Lipinski definition) is 2. The van der Waals surface area contributed by atoms with Gasteiger partial charge < -0.3 is 20.1 Å². The third kappa shape index (κ3) is 5.06. The molecule has 1 heterocycles. The summed E-state index contributed by atoms with van der Waals surface area (Å²) in [4.78, 5) is 16.1. The van der Waals surface area contributed by atoms with Crippen LogP contribution in [0.4, 0.5) is 0 Å². The fourth-order valence-electron chi connectivity index (χ4n) is 2.56. The standard InChI is InChI=1S/C17H25N3O3S/c1-18-17(20-11-13-5-4-8-24-13)19-10-12-6-7-15(22-2)14(9-12)16(21)23-3/h6-7,9,13H,4-5,8,10-11H2,1-3H3,(H2,18,19,20). The number of rotatable bonds is 6. The van der Waals surface area contributed by atoms with Gasteiger partial charge in [0, 0.05) is 25.4 Å². The Balaban J connectivity index is 1.93. The van der Waals surface area contributed by atoms with Gasteiger partial charge in [0.05, 0.1) is 14.2 Å². The molecule has 2 N–H and O–H groups in total. The van der Waals surface area contributed by atoms with Gasteiger partial charge in [-0.3, -0.25) is 4.99 Å². The molecule has 1 aromatic carbocycles. The smallest absolute Gasteiger partial charge is 0.341 e. The average molecular weight is 351 g/mol. The molecule has 1 aromatic rings. The second-order valence-corrected chi connectivity index (χ2v) is 6.88. The molecule has 1 aliphatic heterocycles. The summed E-state index contributed by atoms with van der Waals surface area (Å²) in [7, 11) is 4.65. The van der Waals surface area contributed by atoms with Crippen molar-refractivity contribution in [1.29, 1.82) is 0 Å². The quantitative estimate of drug-likeness (QED) is 0.464. The predicted molar refractivity (Wildman–Crippen MR) is 98.0 cm³/mol. The summed E-state index contributed by atoms with van der Waals surface area (Å²) in [6, 6.07) is 5.46. The Bertz CT molecular complexity index is 586. The SMILES string of the molecule is CN=C(NCc1ccc(OC)c(C(=O)OC)c1)NCC1CCCS1. The Hall–Kier alpha value is -1.89. The summed E-state index contributed by atoms with van der Waals surface area (Å²) in [5.74, 6) is 2.11. The van der Waals surface area contributed by atoms with E-state index in [9.17, 15) is 4.79 Å². The number of ether oxygens (including phenoxy) is 2. The third-order valence-electron chi connectivity index (χ3n) is 3.87. The topological polar surface area (TPSA) is 72.0 Å². The first-order valence-corrected chi connectivity index (χ1v) is 9.04. The van der Waals surface area contributed by atoms with Crippen LogP contribution < -0.4 is 15.4 Å². The minimum absolute atomic E-state index is 0.408. The van der Waals surface area contributed by atoms with E-state index in [0.717, 1.165) is 18.1 Å². The first-order chi connectivity index (χ1) is 11.7. The van der Waals surface area contributed by atoms with E-state index < -0.39 is 5.97 Å². The summed E-state index contributed by atoms with van der Waals surface area (Å²) >= 11 is 2.01. The van der Waals surface area contributed by atoms with Crippen molar-refractivity contribution in [3.8, 4) is 5.75 Å². The maximum Gasteiger partial charge on any atom is 0.341 e. The average Bonchev–Trinajstić information content (AvgIpc) is 3.14. The zero-order valence-corrected chi connectivity index (χ0v) is 15.2. The Morgan fingerprint density at radius 3 is 2.83 bits per heavy atom. The van der Waals surface area contributed by atoms with Gasteiger partial charge >= 0.3 is 5.97 Å². The van der Waals surface area contributed by atoms with Crippen molar-refractivity contribution in [3.63, 3.8) is 0 Å². The minimum atomic E-state index is -0.408. The first-order valence-electron chi connectivity index (χ1n) is 7.99. The summed E-state index contributed by atoms with van der Waals surface area (Å²) in [5, 5.41) is 7.28. The number of thioether (sulfide) groups is 1. The highest BCUT2D eigenvalue weighted by atomic mass is 32.2. The monoisotopic (exact) mass is 351 g/mol. The molecule has 7 heteroatoms. The number of carbonyl (C=O) groups excluding carboxylic acids is 1. The van der Waals surface area contributed by atoms with Crippen LogP contribution in [0.25, 0.3) is 0 Å². The highest BCUT2D eigenvalue weighted by Gasteiger charge is 2.16. The maximum absolute atomic E-state index is 11.8. The van der Waals surface area contributed by atoms with Gasteiger partial charge in [-0.1, -0.05) is 6.07 Å². The van der Waals surface area contributed by atoms with Gasteiger partial charge in [-0.25, -0.2) is 4.79 Å². The van der Waals surface area contributed by atoms with E-state index >= 15 is 0 Å². The normalized spacial score (nSPS) is 17.5. The molecule has 2 rings (SSSR count). The largest absolute Gasteiger partial charge is 0.496 e. The molecule has 1 saturated heterocycles. The van der Waals surface area contributed by atoms with Crippen LogP contribution >= 0.6 is 11.8 Å². The van der Waals surface area contributed by atoms with Gasteiger partial charge in [-0.15, -0.1) is 0 Å². The second kappa shape index (κ2) is 9.42. The van der Waals surface area contributed by atoms with E-state index in [-0.39, 0.29) is 0 Å². The fourth-order valence-corrected chi connectivity index (χ4v) is 3.76. The van der Waals surface area contributed by atoms with Crippen LogP contribution in [0.2, 0.25) is 0 Å². The second-order valence-electron chi connectivity index (χ2n) is 5.47. The summed E-state index contributed by atoms with van der Waals surface area (Å²) in [5.41, 5.74) is 1.37. The van der Waals surface area contributed by atoms with Gasteiger partial charge in [0.15, 0.2) is 5.96 Å². The number of carbonyl (C=O) groups is 1. The van der Waals surface area contributed by atoms with Crippen LogP contribution in [-0.4, -0.2) is 50.7 Å². The minimum Gasteiger partial charge on any atom is -0.496 e. The molecular formula is C17H25N3O3S. The van der Waals surface area contributed by atoms with Crippen LogP contribution in [0, 0.1) is 0 Å². The van der Waals surface area contributed by atoms with Crippen molar-refractivity contribution in [1.82, 2.24) is 10.6 Å². The van der Waals surface area contributed by atoms with Crippen molar-refractivity contribution in [2.45, 2.75) is 24.6 Å². The summed E-state index contributed by atoms with van der Waals surface area (Å²) in [6.07, 6.45) is 2.56. The van der Waals surface area contributed by atoms with Crippen LogP contribution in [0.3, 0.4) is 0 Å². The van der Waals surface area contributed by atoms with Crippen molar-refractivity contribution < 1.29 is 14.3 Å². The molecule has 0 spiro atoms. The van der Waals surface area contributed by atoms with Crippen LogP contribution in [0.5, 0.6) is 5.75 Å². The van der Waals surface area contributed by atoms with E-state index in [2.05, 4.69) is 15.6 Å². The molecule has 0 radical (unpaired) electrons. The summed E-state index contributed by atoms with van der Waals surface area (Å²) in [6.45, 7) is 1.48. The lowest BCUT2D eigenvalue weighted by Crippen LogP contribution is -2.39. The van der Waals surface area contributed by atoms with E-state index in [1.807, 2.05) is 17.8 Å². The lowest BCUT2D eigenvalue weighted by molar-refractivity contribution is 0.0597. The maximum atomic E-state index is 11.8. The number of esters is 1. The third-order valence-corrected chi connectivity index (χ3v) is 5.27. The van der Waals surface area contributed by atoms with E-state index in [1.54, 1.807) is 19.2 Å². The van der Waals surface area contributed by atoms with Crippen molar-refractivity contribution in [2.24, 2.45) is 4.99 Å². The first kappa shape index (κ1) is 18.4. The van der Waals surface area contributed by atoms with Gasteiger partial charge in [0.2, 0.25) is 0 Å². The van der Waals surface area contributed by atoms with Gasteiger partial charge in [-0.2, -0.15) is 11.8 Å². The molecule has 1 unspecified atom stereocenters. The molecule has 1 fully saturated rings. The molecule has 132 valence electrons. The van der Waals surface area contributed by atoms with E-state index in [0.29, 0.717) is 23.1 Å². The number of aliphatic imine (C=N–C) groups is 1. The van der Waals surface area contributed by atoms with Gasteiger partial charge in [-0.05, 0) is 36.3 Å². The number of methoxy groups -OCH3 is 2. The Kier molecular flexibility index (Phi) is 7.24. The van der Waals surface area contributed by atoms with Crippen molar-refractivity contribution >= 4 is 23.7 Å². The molecule has 0 aromatic heterocycles. The van der Waals surface area contributed by atoms with E-state index in [4.69, 9.17) is 9.47 Å². The van der Waals surface area contributed by atoms with Gasteiger partial charge in [0.1, 0.15) is 11.3 Å². The van der Waals surface area contributed by atoms with Crippen molar-refractivity contribution in [2.75, 3.05) is 33.6 Å². The molecule has 1 atom stereocenters. The molecule has 0 saturated carbocycles. The van der Waals surface area contributed by atoms with Crippen LogP contribution in [0.1, 0.15) is 28.8 Å². The number of nitrogens with zero attached hydrogens (tertiary/aromatic N) is 1. The van der Waals surface area contributed by atoms with E-state index in [1.165, 1.54) is 32.8 Å². The zero-order chi connectivity index (χ0) is 17.4. The lowest BCUT2D eigenvalue weighted by Gasteiger charge is -2.15. The number of benzene rings is 1. The van der Waals surface area contributed by atoms with Gasteiger partial charge in [0.25, 0.3) is 0 Å². The molecule has 0 bridgehead atoms. The summed E-state index contributed by atoms with van der Waals surface area (Å²) < 4.78 is 10.0. The number of guanidine groups is 1. The molecule has 1 aliphatic rings. The number of hydrogen-bond acceptors (Lipinski definition) is 5. The Morgan fingerprint density at radius 2 is 2.21 bits per heavy atom. The van der Waals surface area contributed by atoms with Crippen LogP contribution in [0.15, 0.2) is 23.2 Å². The zero-order valence-electron chi connectivity index (χ0n) is 14.4. The Labute approximate surface area is 147 Å².